The molecule has 1 amide bonds. The second kappa shape index (κ2) is 8.48. The fraction of sp³-hybridized carbons (Fsp3) is 0.250. The molecule has 2 aliphatic heterocycles. The Morgan fingerprint density at radius 2 is 1.71 bits per heavy atom. The van der Waals surface area contributed by atoms with Crippen molar-refractivity contribution in [3.8, 4) is 17.6 Å². The van der Waals surface area contributed by atoms with E-state index in [0.29, 0.717) is 47.1 Å². The number of aliphatic carboxylic acids is 1. The molecule has 3 aromatic rings. The van der Waals surface area contributed by atoms with Crippen molar-refractivity contribution in [1.29, 1.82) is 5.26 Å². The Labute approximate surface area is 203 Å². The third kappa shape index (κ3) is 3.77. The maximum absolute atomic E-state index is 13.8. The highest BCUT2D eigenvalue weighted by Gasteiger charge is 2.45. The van der Waals surface area contributed by atoms with Gasteiger partial charge in [0.2, 0.25) is 0 Å². The van der Waals surface area contributed by atoms with E-state index in [1.807, 2.05) is 26.0 Å². The fourth-order valence-electron chi connectivity index (χ4n) is 4.77. The summed E-state index contributed by atoms with van der Waals surface area (Å²) in [5, 5.41) is 19.9. The Hall–Kier alpha value is -4.31. The predicted octanol–water partition coefficient (Wildman–Crippen LogP) is 4.83. The molecule has 0 radical (unpaired) electrons. The number of carbonyl (C=O) groups excluding carboxylic acids is 1. The van der Waals surface area contributed by atoms with Crippen LogP contribution in [0.2, 0.25) is 0 Å². The quantitative estimate of drug-likeness (QED) is 0.589. The highest BCUT2D eigenvalue weighted by Crippen LogP contribution is 2.47. The summed E-state index contributed by atoms with van der Waals surface area (Å²) in [4.78, 5) is 28.0. The zero-order valence-electron chi connectivity index (χ0n) is 19.4. The maximum atomic E-state index is 13.8. The summed E-state index contributed by atoms with van der Waals surface area (Å²) in [6.07, 6.45) is 0. The number of hydrogen-bond donors (Lipinski definition) is 1. The lowest BCUT2D eigenvalue weighted by atomic mass is 9.79. The number of benzene rings is 3. The summed E-state index contributed by atoms with van der Waals surface area (Å²) >= 11 is 0. The van der Waals surface area contributed by atoms with Crippen LogP contribution >= 0.6 is 0 Å². The Kier molecular flexibility index (Phi) is 5.45. The number of hydrogen-bond acceptors (Lipinski definition) is 5. The number of carbonyl (C=O) groups is 2. The Morgan fingerprint density at radius 1 is 1.03 bits per heavy atom. The Bertz CT molecular complexity index is 1360. The molecule has 0 saturated carbocycles. The SMILES string of the molecule is CC(C)(C#N)c1ccc(N2C(=O)c3ccccc3[C@H](C(=O)O)[C@H]2c2ccc3c(c2)OCCO3)cc1. The molecule has 7 nitrogen and oxygen atoms in total. The zero-order valence-corrected chi connectivity index (χ0v) is 19.4. The van der Waals surface area contributed by atoms with Crippen molar-refractivity contribution in [2.45, 2.75) is 31.2 Å². The minimum atomic E-state index is -1.03. The number of rotatable bonds is 4. The first kappa shape index (κ1) is 22.5. The van der Waals surface area contributed by atoms with Crippen molar-refractivity contribution in [3.05, 3.63) is 89.0 Å². The number of carboxylic acid groups (broad SMARTS) is 1. The van der Waals surface area contributed by atoms with Gasteiger partial charge < -0.3 is 14.6 Å². The molecule has 1 N–H and O–H groups in total. The van der Waals surface area contributed by atoms with Crippen molar-refractivity contribution in [2.75, 3.05) is 18.1 Å². The number of carboxylic acids is 1. The van der Waals surface area contributed by atoms with Gasteiger partial charge in [0, 0.05) is 11.3 Å². The van der Waals surface area contributed by atoms with Gasteiger partial charge in [0.1, 0.15) is 19.1 Å². The van der Waals surface area contributed by atoms with E-state index in [-0.39, 0.29) is 5.91 Å². The second-order valence-corrected chi connectivity index (χ2v) is 9.21. The highest BCUT2D eigenvalue weighted by molar-refractivity contribution is 6.11. The highest BCUT2D eigenvalue weighted by atomic mass is 16.6. The molecule has 176 valence electrons. The van der Waals surface area contributed by atoms with Crippen molar-refractivity contribution < 1.29 is 24.2 Å². The molecule has 0 bridgehead atoms. The third-order valence-corrected chi connectivity index (χ3v) is 6.66. The first-order chi connectivity index (χ1) is 16.8. The molecule has 3 aromatic carbocycles. The number of ether oxygens (including phenoxy) is 2. The zero-order chi connectivity index (χ0) is 24.7. The van der Waals surface area contributed by atoms with Gasteiger partial charge in [-0.25, -0.2) is 0 Å². The molecule has 2 aliphatic rings. The van der Waals surface area contributed by atoms with Crippen molar-refractivity contribution >= 4 is 17.6 Å². The van der Waals surface area contributed by atoms with Crippen molar-refractivity contribution in [3.63, 3.8) is 0 Å². The summed E-state index contributed by atoms with van der Waals surface area (Å²) in [5.41, 5.74) is 2.12. The molecule has 0 spiro atoms. The Balaban J connectivity index is 1.69. The van der Waals surface area contributed by atoms with E-state index in [1.165, 1.54) is 4.90 Å². The van der Waals surface area contributed by atoms with Gasteiger partial charge in [-0.05, 0) is 60.9 Å². The molecule has 0 aliphatic carbocycles. The van der Waals surface area contributed by atoms with Gasteiger partial charge in [-0.2, -0.15) is 5.26 Å². The van der Waals surface area contributed by atoms with Gasteiger partial charge >= 0.3 is 5.97 Å². The number of amides is 1. The molecule has 0 saturated heterocycles. The summed E-state index contributed by atoms with van der Waals surface area (Å²) in [6.45, 7) is 4.48. The summed E-state index contributed by atoms with van der Waals surface area (Å²) in [5.74, 6) is -1.21. The monoisotopic (exact) mass is 468 g/mol. The number of anilines is 1. The topological polar surface area (TPSA) is 99.9 Å². The molecule has 0 aromatic heterocycles. The summed E-state index contributed by atoms with van der Waals surface area (Å²) < 4.78 is 11.4. The van der Waals surface area contributed by atoms with Crippen LogP contribution in [0.3, 0.4) is 0 Å². The average molecular weight is 469 g/mol. The van der Waals surface area contributed by atoms with E-state index >= 15 is 0 Å². The molecule has 5 rings (SSSR count). The lowest BCUT2D eigenvalue weighted by Crippen LogP contribution is -2.45. The number of fused-ring (bicyclic) bond motifs is 2. The number of nitrogens with zero attached hydrogens (tertiary/aromatic N) is 2. The molecule has 2 heterocycles. The van der Waals surface area contributed by atoms with Crippen LogP contribution in [-0.4, -0.2) is 30.2 Å². The maximum Gasteiger partial charge on any atom is 0.313 e. The molecule has 35 heavy (non-hydrogen) atoms. The van der Waals surface area contributed by atoms with Crippen LogP contribution < -0.4 is 14.4 Å². The summed E-state index contributed by atoms with van der Waals surface area (Å²) in [6, 6.07) is 20.8. The van der Waals surface area contributed by atoms with E-state index in [1.54, 1.807) is 54.6 Å². The van der Waals surface area contributed by atoms with E-state index in [0.717, 1.165) is 5.56 Å². The van der Waals surface area contributed by atoms with Crippen molar-refractivity contribution in [2.24, 2.45) is 0 Å². The molecule has 7 heteroatoms. The molecule has 0 unspecified atom stereocenters. The van der Waals surface area contributed by atoms with Crippen molar-refractivity contribution in [1.82, 2.24) is 0 Å². The average Bonchev–Trinajstić information content (AvgIpc) is 2.88. The van der Waals surface area contributed by atoms with E-state index in [2.05, 4.69) is 6.07 Å². The van der Waals surface area contributed by atoms with Gasteiger partial charge in [0.15, 0.2) is 11.5 Å². The largest absolute Gasteiger partial charge is 0.486 e. The van der Waals surface area contributed by atoms with Crippen LogP contribution in [-0.2, 0) is 10.2 Å². The van der Waals surface area contributed by atoms with E-state index in [9.17, 15) is 20.0 Å². The second-order valence-electron chi connectivity index (χ2n) is 9.21. The lowest BCUT2D eigenvalue weighted by molar-refractivity contribution is -0.139. The molecule has 2 atom stereocenters. The minimum Gasteiger partial charge on any atom is -0.486 e. The van der Waals surface area contributed by atoms with E-state index in [4.69, 9.17) is 9.47 Å². The minimum absolute atomic E-state index is 0.287. The van der Waals surface area contributed by atoms with Crippen LogP contribution in [0, 0.1) is 11.3 Å². The van der Waals surface area contributed by atoms with Crippen LogP contribution in [0.5, 0.6) is 11.5 Å². The van der Waals surface area contributed by atoms with Crippen LogP contribution in [0.15, 0.2) is 66.7 Å². The fourth-order valence-corrected chi connectivity index (χ4v) is 4.77. The van der Waals surface area contributed by atoms with Gasteiger partial charge in [-0.15, -0.1) is 0 Å². The van der Waals surface area contributed by atoms with Gasteiger partial charge in [0.25, 0.3) is 5.91 Å². The normalized spacial score (nSPS) is 19.0. The van der Waals surface area contributed by atoms with Crippen LogP contribution in [0.1, 0.15) is 52.9 Å². The van der Waals surface area contributed by atoms with Gasteiger partial charge in [-0.1, -0.05) is 36.4 Å². The molecular weight excluding hydrogens is 444 g/mol. The standard InChI is InChI=1S/C28H24N2O5/c1-28(2,16-29)18-8-10-19(11-9-18)30-25(17-7-12-22-23(15-17)35-14-13-34-22)24(27(32)33)20-5-3-4-6-21(20)26(30)31/h3-12,15,24-25H,13-14H2,1-2H3,(H,32,33)/t24-,25+/m0/s1. The van der Waals surface area contributed by atoms with Crippen LogP contribution in [0.4, 0.5) is 5.69 Å². The lowest BCUT2D eigenvalue weighted by Gasteiger charge is -2.41. The summed E-state index contributed by atoms with van der Waals surface area (Å²) in [7, 11) is 0. The smallest absolute Gasteiger partial charge is 0.313 e. The van der Waals surface area contributed by atoms with Gasteiger partial charge in [-0.3, -0.25) is 14.5 Å². The molecular formula is C28H24N2O5. The first-order valence-electron chi connectivity index (χ1n) is 11.4. The molecule has 0 fully saturated rings. The van der Waals surface area contributed by atoms with Crippen LogP contribution in [0.25, 0.3) is 0 Å². The Morgan fingerprint density at radius 3 is 2.40 bits per heavy atom. The number of nitriles is 1. The van der Waals surface area contributed by atoms with E-state index < -0.39 is 23.3 Å². The van der Waals surface area contributed by atoms with Gasteiger partial charge in [0.05, 0.1) is 17.5 Å². The predicted molar refractivity (Wildman–Crippen MR) is 129 cm³/mol. The first-order valence-corrected chi connectivity index (χ1v) is 11.4. The third-order valence-electron chi connectivity index (χ3n) is 6.66.